The number of fused-ring (bicyclic) bond motifs is 1. The van der Waals surface area contributed by atoms with Gasteiger partial charge in [-0.3, -0.25) is 4.79 Å². The third-order valence-corrected chi connectivity index (χ3v) is 6.19. The van der Waals surface area contributed by atoms with Crippen LogP contribution >= 0.6 is 22.9 Å². The number of allylic oxidation sites excluding steroid dienone is 2. The minimum Gasteiger partial charge on any atom is -0.328 e. The molecular formula is C19H15ClN4OS. The highest BCUT2D eigenvalue weighted by atomic mass is 35.5. The molecule has 0 amide bonds. The molecule has 2 aromatic heterocycles. The summed E-state index contributed by atoms with van der Waals surface area (Å²) >= 11 is 7.64. The van der Waals surface area contributed by atoms with Crippen molar-refractivity contribution < 1.29 is 4.79 Å². The van der Waals surface area contributed by atoms with Crippen LogP contribution in [0.2, 0.25) is 5.02 Å². The number of aromatic nitrogens is 3. The van der Waals surface area contributed by atoms with Crippen molar-refractivity contribution in [3.05, 3.63) is 74.8 Å². The lowest BCUT2D eigenvalue weighted by atomic mass is 9.79. The number of benzene rings is 1. The van der Waals surface area contributed by atoms with Crippen LogP contribution in [-0.2, 0) is 4.79 Å². The first-order valence-corrected chi connectivity index (χ1v) is 9.68. The molecule has 0 spiro atoms. The molecule has 2 atom stereocenters. The van der Waals surface area contributed by atoms with E-state index in [-0.39, 0.29) is 17.7 Å². The summed E-state index contributed by atoms with van der Waals surface area (Å²) in [5.74, 6) is 0.995. The molecule has 130 valence electrons. The largest absolute Gasteiger partial charge is 0.328 e. The molecule has 3 aromatic rings. The van der Waals surface area contributed by atoms with Gasteiger partial charge >= 0.3 is 0 Å². The molecule has 0 radical (unpaired) electrons. The van der Waals surface area contributed by atoms with Crippen LogP contribution < -0.4 is 5.32 Å². The van der Waals surface area contributed by atoms with Crippen LogP contribution in [-0.4, -0.2) is 20.5 Å². The maximum atomic E-state index is 13.1. The zero-order chi connectivity index (χ0) is 17.7. The lowest BCUT2D eigenvalue weighted by Crippen LogP contribution is -2.33. The summed E-state index contributed by atoms with van der Waals surface area (Å²) in [6, 6.07) is 11.6. The minimum absolute atomic E-state index is 0.143. The van der Waals surface area contributed by atoms with Gasteiger partial charge in [-0.2, -0.15) is 10.1 Å². The number of Topliss-reactive ketones (excluding diaryl/α,β-unsaturated/α-hetero) is 1. The Balaban J connectivity index is 1.58. The molecule has 1 aromatic carbocycles. The normalized spacial score (nSPS) is 22.0. The summed E-state index contributed by atoms with van der Waals surface area (Å²) in [6.07, 6.45) is 2.80. The number of carbonyl (C=O) groups is 1. The Morgan fingerprint density at radius 3 is 2.81 bits per heavy atom. The van der Waals surface area contributed by atoms with Crippen molar-refractivity contribution in [2.75, 3.05) is 5.32 Å². The molecule has 3 heterocycles. The number of thiophene rings is 1. The molecule has 0 bridgehead atoms. The van der Waals surface area contributed by atoms with E-state index in [0.717, 1.165) is 28.1 Å². The van der Waals surface area contributed by atoms with Crippen molar-refractivity contribution in [3.8, 4) is 0 Å². The standard InChI is InChI=1S/C19H15ClN4OS/c20-13-5-3-11(4-6-13)12-8-14-17(15(25)9-12)18(16-2-1-7-26-16)24-19(23-14)21-10-22-24/h1-7,10,12,18H,8-9H2,(H,21,22,23). The summed E-state index contributed by atoms with van der Waals surface area (Å²) < 4.78 is 1.81. The molecule has 26 heavy (non-hydrogen) atoms. The Hall–Kier alpha value is -2.44. The second-order valence-electron chi connectivity index (χ2n) is 6.54. The van der Waals surface area contributed by atoms with Crippen molar-refractivity contribution in [2.45, 2.75) is 24.8 Å². The number of ketones is 1. The molecule has 0 saturated heterocycles. The van der Waals surface area contributed by atoms with Crippen molar-refractivity contribution in [2.24, 2.45) is 0 Å². The number of halogens is 1. The number of hydrogen-bond donors (Lipinski definition) is 1. The summed E-state index contributed by atoms with van der Waals surface area (Å²) in [4.78, 5) is 18.6. The van der Waals surface area contributed by atoms with Crippen molar-refractivity contribution in [1.29, 1.82) is 0 Å². The molecule has 2 unspecified atom stereocenters. The zero-order valence-corrected chi connectivity index (χ0v) is 15.3. The average Bonchev–Trinajstić information content (AvgIpc) is 3.32. The van der Waals surface area contributed by atoms with Crippen molar-refractivity contribution in [3.63, 3.8) is 0 Å². The van der Waals surface area contributed by atoms with E-state index in [1.54, 1.807) is 11.3 Å². The van der Waals surface area contributed by atoms with Gasteiger partial charge in [0.05, 0.1) is 0 Å². The third-order valence-electron chi connectivity index (χ3n) is 5.02. The molecule has 5 nitrogen and oxygen atoms in total. The van der Waals surface area contributed by atoms with E-state index >= 15 is 0 Å². The van der Waals surface area contributed by atoms with Crippen LogP contribution in [0, 0.1) is 0 Å². The average molecular weight is 383 g/mol. The third kappa shape index (κ3) is 2.48. The fourth-order valence-corrected chi connectivity index (χ4v) is 4.78. The topological polar surface area (TPSA) is 59.8 Å². The van der Waals surface area contributed by atoms with Gasteiger partial charge in [0.25, 0.3) is 0 Å². The van der Waals surface area contributed by atoms with Gasteiger partial charge in [-0.05, 0) is 41.5 Å². The molecular weight excluding hydrogens is 368 g/mol. The number of rotatable bonds is 2. The highest BCUT2D eigenvalue weighted by Crippen LogP contribution is 2.44. The van der Waals surface area contributed by atoms with E-state index in [1.807, 2.05) is 40.4 Å². The van der Waals surface area contributed by atoms with Crippen LogP contribution in [0.1, 0.15) is 35.2 Å². The quantitative estimate of drug-likeness (QED) is 0.713. The summed E-state index contributed by atoms with van der Waals surface area (Å²) in [5.41, 5.74) is 2.91. The predicted octanol–water partition coefficient (Wildman–Crippen LogP) is 4.41. The Kier molecular flexibility index (Phi) is 3.69. The number of nitrogens with one attached hydrogen (secondary N) is 1. The maximum Gasteiger partial charge on any atom is 0.226 e. The summed E-state index contributed by atoms with van der Waals surface area (Å²) in [6.45, 7) is 0. The van der Waals surface area contributed by atoms with Crippen LogP contribution in [0.3, 0.4) is 0 Å². The van der Waals surface area contributed by atoms with Gasteiger partial charge in [-0.25, -0.2) is 4.68 Å². The van der Waals surface area contributed by atoms with Gasteiger partial charge in [0.1, 0.15) is 12.4 Å². The van der Waals surface area contributed by atoms with Gasteiger partial charge in [-0.1, -0.05) is 29.8 Å². The van der Waals surface area contributed by atoms with Crippen molar-refractivity contribution >= 4 is 34.7 Å². The lowest BCUT2D eigenvalue weighted by molar-refractivity contribution is -0.116. The van der Waals surface area contributed by atoms with E-state index in [4.69, 9.17) is 11.6 Å². The van der Waals surface area contributed by atoms with Crippen LogP contribution in [0.4, 0.5) is 5.95 Å². The smallest absolute Gasteiger partial charge is 0.226 e. The van der Waals surface area contributed by atoms with Crippen molar-refractivity contribution in [1.82, 2.24) is 14.8 Å². The first kappa shape index (κ1) is 15.8. The molecule has 5 rings (SSSR count). The monoisotopic (exact) mass is 382 g/mol. The highest BCUT2D eigenvalue weighted by molar-refractivity contribution is 7.10. The second kappa shape index (κ2) is 6.07. The number of anilines is 1. The SMILES string of the molecule is O=C1CC(c2ccc(Cl)cc2)CC2=C1C(c1cccs1)n1ncnc1N2. The summed E-state index contributed by atoms with van der Waals surface area (Å²) in [7, 11) is 0. The molecule has 0 saturated carbocycles. The molecule has 1 aliphatic heterocycles. The molecule has 0 fully saturated rings. The van der Waals surface area contributed by atoms with E-state index in [0.29, 0.717) is 17.4 Å². The Morgan fingerprint density at radius 1 is 1.19 bits per heavy atom. The zero-order valence-electron chi connectivity index (χ0n) is 13.7. The summed E-state index contributed by atoms with van der Waals surface area (Å²) in [5, 5.41) is 10.4. The molecule has 1 aliphatic carbocycles. The second-order valence-corrected chi connectivity index (χ2v) is 7.96. The predicted molar refractivity (Wildman–Crippen MR) is 102 cm³/mol. The fourth-order valence-electron chi connectivity index (χ4n) is 3.83. The molecule has 7 heteroatoms. The van der Waals surface area contributed by atoms with E-state index in [2.05, 4.69) is 21.5 Å². The number of hydrogen-bond acceptors (Lipinski definition) is 5. The van der Waals surface area contributed by atoms with Gasteiger partial charge in [0.15, 0.2) is 5.78 Å². The fraction of sp³-hybridized carbons (Fsp3) is 0.211. The van der Waals surface area contributed by atoms with E-state index in [1.165, 1.54) is 6.33 Å². The Bertz CT molecular complexity index is 1010. The van der Waals surface area contributed by atoms with Crippen LogP contribution in [0.15, 0.2) is 59.4 Å². The molecule has 2 aliphatic rings. The van der Waals surface area contributed by atoms with Gasteiger partial charge in [0.2, 0.25) is 5.95 Å². The lowest BCUT2D eigenvalue weighted by Gasteiger charge is -2.34. The minimum atomic E-state index is -0.192. The van der Waals surface area contributed by atoms with E-state index < -0.39 is 0 Å². The number of nitrogens with zero attached hydrogens (tertiary/aromatic N) is 3. The van der Waals surface area contributed by atoms with Gasteiger partial charge < -0.3 is 5.32 Å². The van der Waals surface area contributed by atoms with Gasteiger partial charge in [0, 0.05) is 27.6 Å². The Labute approximate surface area is 159 Å². The first-order valence-electron chi connectivity index (χ1n) is 8.42. The highest BCUT2D eigenvalue weighted by Gasteiger charge is 2.39. The molecule has 1 N–H and O–H groups in total. The van der Waals surface area contributed by atoms with Crippen LogP contribution in [0.5, 0.6) is 0 Å². The maximum absolute atomic E-state index is 13.1. The first-order chi connectivity index (χ1) is 12.7. The van der Waals surface area contributed by atoms with Gasteiger partial charge in [-0.15, -0.1) is 11.3 Å². The number of carbonyl (C=O) groups excluding carboxylic acids is 1. The Morgan fingerprint density at radius 2 is 2.04 bits per heavy atom. The van der Waals surface area contributed by atoms with E-state index in [9.17, 15) is 4.79 Å². The van der Waals surface area contributed by atoms with Crippen LogP contribution in [0.25, 0.3) is 0 Å².